The van der Waals surface area contributed by atoms with E-state index < -0.39 is 67.3 Å². The Hall–Kier alpha value is 1.85. The third-order valence-corrected chi connectivity index (χ3v) is 38.0. The normalized spacial score (nSPS) is 13.2. The predicted octanol–water partition coefficient (Wildman–Crippen LogP) is 11.6. The van der Waals surface area contributed by atoms with Crippen LogP contribution in [0.1, 0.15) is 47.0 Å². The van der Waals surface area contributed by atoms with E-state index in [0.717, 1.165) is 31.2 Å². The molecule has 0 aliphatic carbocycles. The first kappa shape index (κ1) is 56.6. The van der Waals surface area contributed by atoms with Crippen LogP contribution in [0.3, 0.4) is 0 Å². The van der Waals surface area contributed by atoms with Crippen LogP contribution in [0.25, 0.3) is 0 Å². The highest BCUT2D eigenvalue weighted by molar-refractivity contribution is 7.80. The Kier molecular flexibility index (Phi) is 32.3. The summed E-state index contributed by atoms with van der Waals surface area (Å²) in [6.45, 7) is 46.7. The number of rotatable bonds is 21. The van der Waals surface area contributed by atoms with E-state index >= 15 is 0 Å². The molecule has 0 aliphatic rings. The van der Waals surface area contributed by atoms with Crippen LogP contribution in [-0.2, 0) is 16.5 Å². The largest absolute Gasteiger partial charge is 0.458 e. The summed E-state index contributed by atoms with van der Waals surface area (Å²) in [7, 11) is -10.2. The quantitative estimate of drug-likeness (QED) is 0.0789. The molecule has 0 rings (SSSR count). The summed E-state index contributed by atoms with van der Waals surface area (Å²) < 4.78 is 24.7. The molecule has 0 saturated heterocycles. The second-order valence-corrected chi connectivity index (χ2v) is 52.7. The first-order chi connectivity index (χ1) is 21.5. The van der Waals surface area contributed by atoms with Gasteiger partial charge in [-0.15, -0.1) is 0 Å². The predicted molar refractivity (Wildman–Crippen MR) is 246 cm³/mol. The van der Waals surface area contributed by atoms with Crippen molar-refractivity contribution >= 4 is 79.9 Å². The Morgan fingerprint density at radius 2 is 0.792 bits per heavy atom. The monoisotopic (exact) mass is 837 g/mol. The first-order valence-electron chi connectivity index (χ1n) is 19.2. The van der Waals surface area contributed by atoms with Crippen molar-refractivity contribution in [3.63, 3.8) is 0 Å². The third kappa shape index (κ3) is 39.1. The highest BCUT2D eigenvalue weighted by atomic mass is 32.1. The Balaban J connectivity index is -0.000000271. The van der Waals surface area contributed by atoms with Gasteiger partial charge in [0.1, 0.15) is 0 Å². The van der Waals surface area contributed by atoms with Crippen molar-refractivity contribution < 1.29 is 21.6 Å². The summed E-state index contributed by atoms with van der Waals surface area (Å²) in [6.07, 6.45) is 3.22. The molecular weight excluding hydrogens is 747 g/mol. The summed E-state index contributed by atoms with van der Waals surface area (Å²) in [5, 5.41) is 8.76. The molecule has 0 aromatic carbocycles. The SMILES string of the molecule is CC[Si](C)(C)O[SiH](C)C.CC[Si](C)(C)O[Si](C)(C)CCCN.CC[Si](C)(C)O[Si](C)(C)CCCO.CC[Si](C)(C)O[Si](C)(C)CCCS. The molecule has 48 heavy (non-hydrogen) atoms. The van der Waals surface area contributed by atoms with Gasteiger partial charge in [-0.3, -0.25) is 0 Å². The lowest BCUT2D eigenvalue weighted by Crippen LogP contribution is -2.43. The van der Waals surface area contributed by atoms with Gasteiger partial charge < -0.3 is 27.3 Å². The summed E-state index contributed by atoms with van der Waals surface area (Å²) >= 11 is 4.24. The van der Waals surface area contributed by atoms with Crippen LogP contribution in [-0.4, -0.2) is 91.3 Å². The van der Waals surface area contributed by atoms with Crippen LogP contribution >= 0.6 is 12.6 Å². The lowest BCUT2D eigenvalue weighted by atomic mass is 10.5. The first-order valence-corrected chi connectivity index (χ1v) is 44.4. The molecule has 15 heteroatoms. The van der Waals surface area contributed by atoms with Crippen molar-refractivity contribution in [3.8, 4) is 0 Å². The standard InChI is InChI=1S/C9H25NOSi2.C9H24O2Si2.C9H24OSSi2.C6H18OSi2/c2*1-6-12(2,3)11-13(4,5)9-7-8-10;1-6-12(2,3)10-13(4,5)9-7-8-11;1-6-9(4,5)7-8(2)3/h6-10H2,1-5H3;10H,6-9H2,1-5H3;11H,6-9H2,1-5H3;8H,6H2,1-5H3. The average Bonchev–Trinajstić information content (AvgIpc) is 2.93. The van der Waals surface area contributed by atoms with E-state index in [9.17, 15) is 0 Å². The van der Waals surface area contributed by atoms with Crippen LogP contribution in [0.5, 0.6) is 0 Å². The van der Waals surface area contributed by atoms with E-state index in [-0.39, 0.29) is 0 Å². The Morgan fingerprint density at radius 1 is 0.500 bits per heavy atom. The molecule has 6 nitrogen and oxygen atoms in total. The van der Waals surface area contributed by atoms with Crippen molar-refractivity contribution in [3.05, 3.63) is 0 Å². The number of nitrogens with two attached hydrogens (primary N) is 1. The van der Waals surface area contributed by atoms with Gasteiger partial charge in [0.25, 0.3) is 0 Å². The van der Waals surface area contributed by atoms with Gasteiger partial charge in [0.2, 0.25) is 0 Å². The van der Waals surface area contributed by atoms with Crippen molar-refractivity contribution in [2.24, 2.45) is 5.73 Å². The Bertz CT molecular complexity index is 693. The van der Waals surface area contributed by atoms with E-state index in [1.54, 1.807) is 0 Å². The van der Waals surface area contributed by atoms with Gasteiger partial charge in [0.15, 0.2) is 67.3 Å². The molecule has 0 radical (unpaired) electrons. The highest BCUT2D eigenvalue weighted by Crippen LogP contribution is 2.24. The second kappa shape index (κ2) is 27.4. The maximum absolute atomic E-state index is 8.76. The Labute approximate surface area is 318 Å². The summed E-state index contributed by atoms with van der Waals surface area (Å²) in [5.74, 6) is 0.994. The molecule has 0 spiro atoms. The minimum Gasteiger partial charge on any atom is -0.458 e. The van der Waals surface area contributed by atoms with Crippen molar-refractivity contribution in [1.82, 2.24) is 0 Å². The van der Waals surface area contributed by atoms with Crippen LogP contribution in [0.4, 0.5) is 0 Å². The van der Waals surface area contributed by atoms with Crippen LogP contribution < -0.4 is 5.73 Å². The summed E-state index contributed by atoms with van der Waals surface area (Å²) in [5.41, 5.74) is 5.51. The van der Waals surface area contributed by atoms with Gasteiger partial charge in [-0.25, -0.2) is 0 Å². The molecule has 0 atom stereocenters. The number of aliphatic hydroxyl groups excluding tert-OH is 1. The molecule has 0 heterocycles. The topological polar surface area (TPSA) is 83.2 Å². The van der Waals surface area contributed by atoms with Gasteiger partial charge in [-0.05, 0) is 179 Å². The lowest BCUT2D eigenvalue weighted by molar-refractivity contribution is 0.292. The van der Waals surface area contributed by atoms with Crippen molar-refractivity contribution in [1.29, 1.82) is 0 Å². The zero-order valence-electron chi connectivity index (χ0n) is 36.4. The van der Waals surface area contributed by atoms with Crippen molar-refractivity contribution in [2.45, 2.75) is 194 Å². The minimum absolute atomic E-state index is 0.300. The zero-order chi connectivity index (χ0) is 39.1. The Morgan fingerprint density at radius 3 is 1.00 bits per heavy atom. The van der Waals surface area contributed by atoms with Gasteiger partial charge in [0.05, 0.1) is 0 Å². The van der Waals surface area contributed by atoms with E-state index in [1.165, 1.54) is 42.7 Å². The molecule has 0 amide bonds. The lowest BCUT2D eigenvalue weighted by Gasteiger charge is -2.33. The average molecular weight is 839 g/mol. The van der Waals surface area contributed by atoms with E-state index in [4.69, 9.17) is 27.3 Å². The van der Waals surface area contributed by atoms with Crippen LogP contribution in [0.15, 0.2) is 0 Å². The molecule has 0 aliphatic heterocycles. The maximum Gasteiger partial charge on any atom is 0.173 e. The van der Waals surface area contributed by atoms with Gasteiger partial charge >= 0.3 is 0 Å². The fraction of sp³-hybridized carbons (Fsp3) is 1.00. The summed E-state index contributed by atoms with van der Waals surface area (Å²) in [4.78, 5) is 0. The zero-order valence-corrected chi connectivity index (χ0v) is 45.4. The summed E-state index contributed by atoms with van der Waals surface area (Å²) in [6, 6.07) is 8.42. The molecule has 296 valence electrons. The molecule has 0 bridgehead atoms. The van der Waals surface area contributed by atoms with Crippen molar-refractivity contribution in [2.75, 3.05) is 18.9 Å². The third-order valence-electron chi connectivity index (χ3n) is 8.48. The van der Waals surface area contributed by atoms with Gasteiger partial charge in [0, 0.05) is 6.61 Å². The smallest absolute Gasteiger partial charge is 0.173 e. The van der Waals surface area contributed by atoms with E-state index in [2.05, 4.69) is 145 Å². The minimum atomic E-state index is -1.48. The molecule has 0 aromatic rings. The highest BCUT2D eigenvalue weighted by Gasteiger charge is 2.32. The molecule has 0 aromatic heterocycles. The fourth-order valence-electron chi connectivity index (χ4n) is 4.87. The maximum atomic E-state index is 8.76. The number of aliphatic hydroxyl groups is 1. The van der Waals surface area contributed by atoms with Gasteiger partial charge in [-0.2, -0.15) is 12.6 Å². The fourth-order valence-corrected chi connectivity index (χ4v) is 35.1. The number of hydrogen-bond donors (Lipinski definition) is 3. The van der Waals surface area contributed by atoms with E-state index in [0.29, 0.717) is 6.61 Å². The van der Waals surface area contributed by atoms with Crippen LogP contribution in [0.2, 0.25) is 147 Å². The molecule has 3 N–H and O–H groups in total. The van der Waals surface area contributed by atoms with Gasteiger partial charge in [-0.1, -0.05) is 27.7 Å². The second-order valence-electron chi connectivity index (χ2n) is 17.8. The number of hydrogen-bond acceptors (Lipinski definition) is 7. The number of thiol groups is 1. The van der Waals surface area contributed by atoms with E-state index in [1.807, 2.05) is 0 Å². The van der Waals surface area contributed by atoms with Crippen LogP contribution in [0, 0.1) is 0 Å². The molecule has 0 unspecified atom stereocenters. The molecule has 0 saturated carbocycles. The molecular formula is C33H91NO5SSi8. The molecule has 0 fully saturated rings.